The molecule has 25 heavy (non-hydrogen) atoms. The molecule has 5 heteroatoms. The lowest BCUT2D eigenvalue weighted by molar-refractivity contribution is -0.115. The van der Waals surface area contributed by atoms with E-state index in [9.17, 15) is 9.59 Å². The van der Waals surface area contributed by atoms with E-state index in [1.165, 1.54) is 0 Å². The monoisotopic (exact) mass is 337 g/mol. The van der Waals surface area contributed by atoms with Crippen LogP contribution in [0.2, 0.25) is 0 Å². The fraction of sp³-hybridized carbons (Fsp3) is 0.200. The van der Waals surface area contributed by atoms with Gasteiger partial charge in [-0.3, -0.25) is 9.59 Å². The summed E-state index contributed by atoms with van der Waals surface area (Å²) in [5.41, 5.74) is 8.70. The van der Waals surface area contributed by atoms with E-state index in [1.54, 1.807) is 30.3 Å². The molecular formula is C20H23N3O2. The van der Waals surface area contributed by atoms with Crippen molar-refractivity contribution in [3.05, 3.63) is 71.8 Å². The number of carbonyl (C=O) groups is 2. The minimum absolute atomic E-state index is 0.0919. The van der Waals surface area contributed by atoms with Crippen molar-refractivity contribution in [1.82, 2.24) is 5.32 Å². The summed E-state index contributed by atoms with van der Waals surface area (Å²) in [4.78, 5) is 23.8. The maximum absolute atomic E-state index is 11.9. The fourth-order valence-corrected chi connectivity index (χ4v) is 2.20. The first-order valence-electron chi connectivity index (χ1n) is 8.20. The predicted octanol–water partition coefficient (Wildman–Crippen LogP) is 3.28. The van der Waals surface area contributed by atoms with Gasteiger partial charge >= 0.3 is 0 Å². The van der Waals surface area contributed by atoms with Crippen molar-refractivity contribution >= 4 is 23.2 Å². The molecule has 0 saturated carbocycles. The number of benzene rings is 2. The summed E-state index contributed by atoms with van der Waals surface area (Å²) in [5.74, 6) is -0.219. The van der Waals surface area contributed by atoms with Crippen molar-refractivity contribution in [3.8, 4) is 0 Å². The first kappa shape index (κ1) is 18.3. The van der Waals surface area contributed by atoms with Crippen LogP contribution in [0.3, 0.4) is 0 Å². The van der Waals surface area contributed by atoms with E-state index in [4.69, 9.17) is 5.73 Å². The molecule has 2 aromatic carbocycles. The quantitative estimate of drug-likeness (QED) is 0.412. The third kappa shape index (κ3) is 6.14. The standard InChI is InChI=1S/C20H23N3O2/c1-15-10-12-16(13-11-15)20(25)22-14-6-2-3-9-19(24)23-18-8-5-4-7-17(18)21/h2-5,7-8,10-13H,6,9,14,21H2,1H3,(H,22,25)(H,23,24). The molecule has 2 rings (SSSR count). The highest BCUT2D eigenvalue weighted by atomic mass is 16.2. The Hall–Kier alpha value is -3.08. The van der Waals surface area contributed by atoms with E-state index in [1.807, 2.05) is 37.3 Å². The number of anilines is 2. The van der Waals surface area contributed by atoms with Gasteiger partial charge in [0.2, 0.25) is 5.91 Å². The lowest BCUT2D eigenvalue weighted by Gasteiger charge is -2.06. The fourth-order valence-electron chi connectivity index (χ4n) is 2.20. The molecule has 0 unspecified atom stereocenters. The number of aryl methyl sites for hydroxylation is 1. The summed E-state index contributed by atoms with van der Waals surface area (Å²) in [6.07, 6.45) is 4.59. The van der Waals surface area contributed by atoms with Gasteiger partial charge in [-0.25, -0.2) is 0 Å². The van der Waals surface area contributed by atoms with Crippen molar-refractivity contribution < 1.29 is 9.59 Å². The van der Waals surface area contributed by atoms with E-state index in [0.29, 0.717) is 29.9 Å². The Kier molecular flexibility index (Phi) is 6.77. The van der Waals surface area contributed by atoms with Gasteiger partial charge in [-0.1, -0.05) is 42.0 Å². The van der Waals surface area contributed by atoms with Crippen molar-refractivity contribution in [3.63, 3.8) is 0 Å². The third-order valence-corrected chi connectivity index (χ3v) is 3.62. The Morgan fingerprint density at radius 1 is 1.04 bits per heavy atom. The summed E-state index contributed by atoms with van der Waals surface area (Å²) < 4.78 is 0. The van der Waals surface area contributed by atoms with E-state index < -0.39 is 0 Å². The molecule has 2 amide bonds. The van der Waals surface area contributed by atoms with Crippen molar-refractivity contribution in [2.24, 2.45) is 0 Å². The minimum atomic E-state index is -0.127. The van der Waals surface area contributed by atoms with Crippen molar-refractivity contribution in [1.29, 1.82) is 0 Å². The number of nitrogens with two attached hydrogens (primary N) is 1. The van der Waals surface area contributed by atoms with E-state index in [2.05, 4.69) is 10.6 Å². The molecule has 5 nitrogen and oxygen atoms in total. The van der Waals surface area contributed by atoms with Gasteiger partial charge in [-0.15, -0.1) is 0 Å². The Balaban J connectivity index is 1.66. The van der Waals surface area contributed by atoms with Crippen LogP contribution in [0, 0.1) is 6.92 Å². The van der Waals surface area contributed by atoms with E-state index >= 15 is 0 Å². The summed E-state index contributed by atoms with van der Waals surface area (Å²) in [5, 5.41) is 5.61. The summed E-state index contributed by atoms with van der Waals surface area (Å²) in [7, 11) is 0. The van der Waals surface area contributed by atoms with E-state index in [-0.39, 0.29) is 18.2 Å². The molecule has 4 N–H and O–H groups in total. The topological polar surface area (TPSA) is 84.2 Å². The molecule has 0 bridgehead atoms. The Bertz CT molecular complexity index is 752. The molecule has 0 fully saturated rings. The van der Waals surface area contributed by atoms with Gasteiger partial charge in [0.15, 0.2) is 0 Å². The van der Waals surface area contributed by atoms with Crippen LogP contribution in [-0.2, 0) is 4.79 Å². The second-order valence-corrected chi connectivity index (χ2v) is 5.72. The lowest BCUT2D eigenvalue weighted by Crippen LogP contribution is -2.24. The van der Waals surface area contributed by atoms with Gasteiger partial charge in [0.1, 0.15) is 0 Å². The highest BCUT2D eigenvalue weighted by molar-refractivity contribution is 5.95. The van der Waals surface area contributed by atoms with Crippen LogP contribution in [0.4, 0.5) is 11.4 Å². The van der Waals surface area contributed by atoms with Gasteiger partial charge in [-0.05, 0) is 37.6 Å². The summed E-state index contributed by atoms with van der Waals surface area (Å²) in [6, 6.07) is 14.6. The van der Waals surface area contributed by atoms with Crippen LogP contribution in [0.15, 0.2) is 60.7 Å². The zero-order valence-corrected chi connectivity index (χ0v) is 14.3. The molecule has 0 aliphatic heterocycles. The highest BCUT2D eigenvalue weighted by Crippen LogP contribution is 2.16. The molecule has 0 aliphatic carbocycles. The molecule has 0 saturated heterocycles. The molecule has 0 spiro atoms. The number of hydrogen-bond donors (Lipinski definition) is 3. The molecule has 0 heterocycles. The highest BCUT2D eigenvalue weighted by Gasteiger charge is 2.04. The van der Waals surface area contributed by atoms with Crippen LogP contribution >= 0.6 is 0 Å². The molecule has 2 aromatic rings. The van der Waals surface area contributed by atoms with Crippen LogP contribution in [0.25, 0.3) is 0 Å². The summed E-state index contributed by atoms with van der Waals surface area (Å²) in [6.45, 7) is 2.51. The zero-order chi connectivity index (χ0) is 18.1. The number of nitrogens with one attached hydrogen (secondary N) is 2. The largest absolute Gasteiger partial charge is 0.397 e. The second-order valence-electron chi connectivity index (χ2n) is 5.72. The molecule has 0 aliphatic rings. The molecule has 0 aromatic heterocycles. The van der Waals surface area contributed by atoms with Crippen LogP contribution in [0.1, 0.15) is 28.8 Å². The van der Waals surface area contributed by atoms with Crippen molar-refractivity contribution in [2.45, 2.75) is 19.8 Å². The first-order chi connectivity index (χ1) is 12.1. The SMILES string of the molecule is Cc1ccc(C(=O)NCCC=CCC(=O)Nc2ccccc2N)cc1. The summed E-state index contributed by atoms with van der Waals surface area (Å²) >= 11 is 0. The van der Waals surface area contributed by atoms with Gasteiger partial charge in [0.25, 0.3) is 5.91 Å². The number of hydrogen-bond acceptors (Lipinski definition) is 3. The molecule has 130 valence electrons. The van der Waals surface area contributed by atoms with Gasteiger partial charge < -0.3 is 16.4 Å². The third-order valence-electron chi connectivity index (χ3n) is 3.62. The number of rotatable bonds is 7. The van der Waals surface area contributed by atoms with Gasteiger partial charge in [-0.2, -0.15) is 0 Å². The van der Waals surface area contributed by atoms with E-state index in [0.717, 1.165) is 5.56 Å². The average Bonchev–Trinajstić information content (AvgIpc) is 2.60. The second kappa shape index (κ2) is 9.27. The predicted molar refractivity (Wildman–Crippen MR) is 101 cm³/mol. The van der Waals surface area contributed by atoms with Crippen molar-refractivity contribution in [2.75, 3.05) is 17.6 Å². The van der Waals surface area contributed by atoms with Gasteiger partial charge in [0, 0.05) is 18.5 Å². The number of carbonyl (C=O) groups excluding carboxylic acids is 2. The normalized spacial score (nSPS) is 10.6. The molecule has 0 atom stereocenters. The average molecular weight is 337 g/mol. The Labute approximate surface area is 147 Å². The van der Waals surface area contributed by atoms with Crippen LogP contribution in [-0.4, -0.2) is 18.4 Å². The zero-order valence-electron chi connectivity index (χ0n) is 14.3. The maximum atomic E-state index is 11.9. The van der Waals surface area contributed by atoms with Crippen LogP contribution < -0.4 is 16.4 Å². The minimum Gasteiger partial charge on any atom is -0.397 e. The number of amides is 2. The Morgan fingerprint density at radius 3 is 2.48 bits per heavy atom. The smallest absolute Gasteiger partial charge is 0.251 e. The number of para-hydroxylation sites is 2. The molecule has 0 radical (unpaired) electrons. The van der Waals surface area contributed by atoms with Crippen LogP contribution in [0.5, 0.6) is 0 Å². The first-order valence-corrected chi connectivity index (χ1v) is 8.20. The maximum Gasteiger partial charge on any atom is 0.251 e. The molecular weight excluding hydrogens is 314 g/mol. The van der Waals surface area contributed by atoms with Gasteiger partial charge in [0.05, 0.1) is 11.4 Å². The lowest BCUT2D eigenvalue weighted by atomic mass is 10.1. The Morgan fingerprint density at radius 2 is 1.76 bits per heavy atom. The number of nitrogen functional groups attached to an aromatic ring is 1.